The number of hydrogen-bond donors (Lipinski definition) is 2. The molecule has 0 aromatic rings. The molecular weight excluding hydrogens is 614 g/mol. The number of hydrogen-bond acceptors (Lipinski definition) is 5. The highest BCUT2D eigenvalue weighted by Gasteiger charge is 2.40. The molecule has 0 aromatic heterocycles. The van der Waals surface area contributed by atoms with Crippen molar-refractivity contribution >= 4 is 23.6 Å². The fourth-order valence-corrected chi connectivity index (χ4v) is 7.44. The van der Waals surface area contributed by atoms with Crippen molar-refractivity contribution in [1.29, 1.82) is 0 Å². The average molecular weight is 688 g/mol. The van der Waals surface area contributed by atoms with Gasteiger partial charge in [0, 0.05) is 31.8 Å². The first-order chi connectivity index (χ1) is 23.1. The third-order valence-corrected chi connectivity index (χ3v) is 10.5. The van der Waals surface area contributed by atoms with Crippen LogP contribution in [0.2, 0.25) is 0 Å². The zero-order valence-electron chi connectivity index (χ0n) is 33.0. The number of rotatable bonds is 19. The standard InChI is InChI=1S/C40H73N5O4/c1-11-12-13-14-15-16-17-18-20-25-41-36(46)32-24-22-27-45(32)38(48)31(6)28-34(29(2)3)43(10)39(49)35(40(7,8)9)42-37(47)33-23-19-21-26-44(33)30(4)5/h28-30,32-35H,11-27H2,1-10H3,(H,41,46)(H,42,47)/b31-28+/t32-,33+,34+,35+/m0/s1. The van der Waals surface area contributed by atoms with Crippen LogP contribution in [-0.2, 0) is 19.2 Å². The molecule has 0 spiro atoms. The fraction of sp³-hybridized carbons (Fsp3) is 0.850. The van der Waals surface area contributed by atoms with Gasteiger partial charge in [-0.15, -0.1) is 0 Å². The van der Waals surface area contributed by atoms with Gasteiger partial charge in [0.25, 0.3) is 0 Å². The summed E-state index contributed by atoms with van der Waals surface area (Å²) in [5.74, 6) is -0.452. The Morgan fingerprint density at radius 1 is 0.816 bits per heavy atom. The van der Waals surface area contributed by atoms with Crippen LogP contribution in [-0.4, -0.2) is 95.2 Å². The Balaban J connectivity index is 2.04. The highest BCUT2D eigenvalue weighted by molar-refractivity contribution is 5.97. The summed E-state index contributed by atoms with van der Waals surface area (Å²) in [6.07, 6.45) is 17.3. The van der Waals surface area contributed by atoms with E-state index in [-0.39, 0.29) is 47.7 Å². The van der Waals surface area contributed by atoms with Crippen molar-refractivity contribution in [2.75, 3.05) is 26.7 Å². The van der Waals surface area contributed by atoms with Gasteiger partial charge in [-0.25, -0.2) is 0 Å². The van der Waals surface area contributed by atoms with Gasteiger partial charge in [0.15, 0.2) is 0 Å². The Morgan fingerprint density at radius 2 is 1.41 bits per heavy atom. The van der Waals surface area contributed by atoms with E-state index in [9.17, 15) is 19.2 Å². The molecular formula is C40H73N5O4. The molecule has 2 aliphatic rings. The Labute approximate surface area is 299 Å². The first-order valence-corrected chi connectivity index (χ1v) is 19.7. The molecule has 49 heavy (non-hydrogen) atoms. The lowest BCUT2D eigenvalue weighted by atomic mass is 9.84. The normalized spacial score (nSPS) is 20.4. The predicted molar refractivity (Wildman–Crippen MR) is 201 cm³/mol. The van der Waals surface area contributed by atoms with E-state index < -0.39 is 17.5 Å². The van der Waals surface area contributed by atoms with E-state index in [1.807, 2.05) is 40.7 Å². The molecule has 2 rings (SSSR count). The summed E-state index contributed by atoms with van der Waals surface area (Å²) in [6.45, 7) is 20.4. The van der Waals surface area contributed by atoms with Crippen LogP contribution in [0.25, 0.3) is 0 Å². The van der Waals surface area contributed by atoms with Crippen molar-refractivity contribution in [3.05, 3.63) is 11.6 Å². The van der Waals surface area contributed by atoms with Gasteiger partial charge in [-0.1, -0.05) is 105 Å². The van der Waals surface area contributed by atoms with E-state index in [1.165, 1.54) is 44.9 Å². The number of nitrogens with zero attached hydrogens (tertiary/aromatic N) is 3. The summed E-state index contributed by atoms with van der Waals surface area (Å²) in [6, 6.07) is -1.53. The van der Waals surface area contributed by atoms with Crippen LogP contribution < -0.4 is 10.6 Å². The fourth-order valence-electron chi connectivity index (χ4n) is 7.44. The maximum absolute atomic E-state index is 14.2. The Morgan fingerprint density at radius 3 is 1.98 bits per heavy atom. The van der Waals surface area contributed by atoms with Crippen molar-refractivity contribution < 1.29 is 19.2 Å². The van der Waals surface area contributed by atoms with Crippen LogP contribution in [0.5, 0.6) is 0 Å². The SMILES string of the molecule is CCCCCCCCCCCNC(=O)[C@@H]1CCCN1C(=O)/C(C)=C/[C@H](C(C)C)N(C)C(=O)[C@@H](NC(=O)[C@H]1CCCCN1C(C)C)C(C)(C)C. The number of likely N-dealkylation sites (tertiary alicyclic amines) is 2. The molecule has 0 saturated carbocycles. The molecule has 0 aliphatic carbocycles. The molecule has 2 aliphatic heterocycles. The van der Waals surface area contributed by atoms with Gasteiger partial charge in [-0.3, -0.25) is 24.1 Å². The van der Waals surface area contributed by atoms with Gasteiger partial charge < -0.3 is 20.4 Å². The maximum atomic E-state index is 14.2. The molecule has 2 heterocycles. The molecule has 2 saturated heterocycles. The molecule has 4 atom stereocenters. The van der Waals surface area contributed by atoms with Crippen molar-refractivity contribution in [2.24, 2.45) is 11.3 Å². The molecule has 0 bridgehead atoms. The van der Waals surface area contributed by atoms with E-state index in [0.717, 1.165) is 45.1 Å². The molecule has 0 unspecified atom stereocenters. The first kappa shape index (κ1) is 42.7. The summed E-state index contributed by atoms with van der Waals surface area (Å²) in [5.41, 5.74) is 0.0156. The van der Waals surface area contributed by atoms with Crippen molar-refractivity contribution in [3.8, 4) is 0 Å². The lowest BCUT2D eigenvalue weighted by molar-refractivity contribution is -0.142. The molecule has 9 heteroatoms. The smallest absolute Gasteiger partial charge is 0.249 e. The minimum absolute atomic E-state index is 0.0248. The summed E-state index contributed by atoms with van der Waals surface area (Å²) in [5, 5.41) is 6.24. The minimum atomic E-state index is -0.718. The third kappa shape index (κ3) is 13.3. The van der Waals surface area contributed by atoms with Gasteiger partial charge >= 0.3 is 0 Å². The van der Waals surface area contributed by atoms with Gasteiger partial charge in [0.1, 0.15) is 12.1 Å². The molecule has 2 fully saturated rings. The summed E-state index contributed by atoms with van der Waals surface area (Å²) in [7, 11) is 1.77. The molecule has 282 valence electrons. The molecule has 0 aromatic carbocycles. The number of amides is 4. The van der Waals surface area contributed by atoms with Gasteiger partial charge in [0.2, 0.25) is 23.6 Å². The zero-order valence-corrected chi connectivity index (χ0v) is 33.0. The summed E-state index contributed by atoms with van der Waals surface area (Å²) < 4.78 is 0. The minimum Gasteiger partial charge on any atom is -0.354 e. The van der Waals surface area contributed by atoms with Crippen LogP contribution in [0.15, 0.2) is 11.6 Å². The second-order valence-electron chi connectivity index (χ2n) is 16.5. The summed E-state index contributed by atoms with van der Waals surface area (Å²) in [4.78, 5) is 60.4. The Kier molecular flexibility index (Phi) is 18.4. The predicted octanol–water partition coefficient (Wildman–Crippen LogP) is 6.85. The largest absolute Gasteiger partial charge is 0.354 e. The van der Waals surface area contributed by atoms with Gasteiger partial charge in [-0.2, -0.15) is 0 Å². The van der Waals surface area contributed by atoms with Gasteiger partial charge in [-0.05, 0) is 70.8 Å². The van der Waals surface area contributed by atoms with Crippen molar-refractivity contribution in [3.63, 3.8) is 0 Å². The van der Waals surface area contributed by atoms with Crippen LogP contribution in [0.1, 0.15) is 152 Å². The molecule has 9 nitrogen and oxygen atoms in total. The zero-order chi connectivity index (χ0) is 36.7. The average Bonchev–Trinajstić information content (AvgIpc) is 3.55. The second kappa shape index (κ2) is 21.1. The van der Waals surface area contributed by atoms with Crippen LogP contribution in [0, 0.1) is 11.3 Å². The van der Waals surface area contributed by atoms with Crippen LogP contribution >= 0.6 is 0 Å². The number of likely N-dealkylation sites (N-methyl/N-ethyl adjacent to an activating group) is 1. The van der Waals surface area contributed by atoms with Crippen LogP contribution in [0.3, 0.4) is 0 Å². The van der Waals surface area contributed by atoms with Crippen molar-refractivity contribution in [2.45, 2.75) is 182 Å². The Bertz CT molecular complexity index is 1080. The third-order valence-electron chi connectivity index (χ3n) is 10.5. The monoisotopic (exact) mass is 688 g/mol. The van der Waals surface area contributed by atoms with Gasteiger partial charge in [0.05, 0.1) is 12.1 Å². The second-order valence-corrected chi connectivity index (χ2v) is 16.5. The van der Waals surface area contributed by atoms with E-state index in [0.29, 0.717) is 25.1 Å². The molecule has 2 N–H and O–H groups in total. The van der Waals surface area contributed by atoms with E-state index in [1.54, 1.807) is 23.8 Å². The van der Waals surface area contributed by atoms with E-state index >= 15 is 0 Å². The number of nitrogens with one attached hydrogen (secondary N) is 2. The topological polar surface area (TPSA) is 102 Å². The molecule has 4 amide bonds. The number of unbranched alkanes of at least 4 members (excludes halogenated alkanes) is 8. The quantitative estimate of drug-likeness (QED) is 0.114. The molecule has 0 radical (unpaired) electrons. The van der Waals surface area contributed by atoms with Crippen LogP contribution in [0.4, 0.5) is 0 Å². The van der Waals surface area contributed by atoms with E-state index in [2.05, 4.69) is 36.3 Å². The summed E-state index contributed by atoms with van der Waals surface area (Å²) >= 11 is 0. The highest BCUT2D eigenvalue weighted by Crippen LogP contribution is 2.27. The lowest BCUT2D eigenvalue weighted by Crippen LogP contribution is -2.60. The lowest BCUT2D eigenvalue weighted by Gasteiger charge is -2.41. The number of piperidine rings is 1. The number of carbonyl (C=O) groups is 4. The van der Waals surface area contributed by atoms with E-state index in [4.69, 9.17) is 0 Å². The Hall–Kier alpha value is -2.42. The number of carbonyl (C=O) groups excluding carboxylic acids is 4. The first-order valence-electron chi connectivity index (χ1n) is 19.7. The van der Waals surface area contributed by atoms with Crippen molar-refractivity contribution in [1.82, 2.24) is 25.3 Å². The highest BCUT2D eigenvalue weighted by atomic mass is 16.2. The maximum Gasteiger partial charge on any atom is 0.249 e.